The Morgan fingerprint density at radius 2 is 2.19 bits per heavy atom. The lowest BCUT2D eigenvalue weighted by Crippen LogP contribution is -2.53. The van der Waals surface area contributed by atoms with E-state index in [2.05, 4.69) is 35.1 Å². The maximum Gasteiger partial charge on any atom is 0.248 e. The van der Waals surface area contributed by atoms with Crippen LogP contribution in [0.5, 0.6) is 0 Å². The molecule has 0 bridgehead atoms. The molecule has 3 rings (SSSR count). The van der Waals surface area contributed by atoms with Gasteiger partial charge in [0.05, 0.1) is 24.9 Å². The first-order valence-electron chi connectivity index (χ1n) is 9.36. The highest BCUT2D eigenvalue weighted by atomic mass is 16.5. The van der Waals surface area contributed by atoms with E-state index in [1.54, 1.807) is 6.20 Å². The number of aromatic nitrogens is 1. The predicted octanol–water partition coefficient (Wildman–Crippen LogP) is 0.509. The Bertz CT molecular complexity index is 563. The van der Waals surface area contributed by atoms with Gasteiger partial charge in [0.15, 0.2) is 0 Å². The quantitative estimate of drug-likeness (QED) is 0.795. The summed E-state index contributed by atoms with van der Waals surface area (Å²) in [6, 6.07) is 4.20. The lowest BCUT2D eigenvalue weighted by atomic mass is 10.1. The summed E-state index contributed by atoms with van der Waals surface area (Å²) in [5, 5.41) is 3.40. The van der Waals surface area contributed by atoms with Crippen LogP contribution in [0.4, 0.5) is 0 Å². The molecule has 0 aromatic carbocycles. The molecule has 1 amide bonds. The third kappa shape index (κ3) is 5.74. The molecule has 1 aromatic heterocycles. The van der Waals surface area contributed by atoms with E-state index < -0.39 is 0 Å². The largest absolute Gasteiger partial charge is 0.373 e. The summed E-state index contributed by atoms with van der Waals surface area (Å²) >= 11 is 0. The van der Waals surface area contributed by atoms with Gasteiger partial charge in [-0.05, 0) is 25.5 Å². The van der Waals surface area contributed by atoms with Gasteiger partial charge in [-0.1, -0.05) is 6.07 Å². The van der Waals surface area contributed by atoms with E-state index in [-0.39, 0.29) is 24.2 Å². The van der Waals surface area contributed by atoms with Crippen LogP contribution in [0.2, 0.25) is 0 Å². The van der Waals surface area contributed by atoms with Crippen LogP contribution in [0.3, 0.4) is 0 Å². The summed E-state index contributed by atoms with van der Waals surface area (Å²) in [7, 11) is 0. The Labute approximate surface area is 155 Å². The molecular weight excluding hydrogens is 332 g/mol. The van der Waals surface area contributed by atoms with Crippen molar-refractivity contribution in [2.24, 2.45) is 0 Å². The first-order chi connectivity index (χ1) is 12.5. The molecule has 0 unspecified atom stereocenters. The molecule has 1 aromatic rings. The van der Waals surface area contributed by atoms with Gasteiger partial charge < -0.3 is 19.7 Å². The van der Waals surface area contributed by atoms with Crippen molar-refractivity contribution < 1.29 is 14.3 Å². The third-order valence-corrected chi connectivity index (χ3v) is 4.89. The minimum atomic E-state index is -0.123. The normalized spacial score (nSPS) is 23.8. The topological polar surface area (TPSA) is 66.9 Å². The number of nitrogens with one attached hydrogen (secondary N) is 1. The van der Waals surface area contributed by atoms with E-state index in [4.69, 9.17) is 9.47 Å². The maximum atomic E-state index is 12.3. The average molecular weight is 362 g/mol. The van der Waals surface area contributed by atoms with Crippen LogP contribution in [0.25, 0.3) is 0 Å². The molecule has 144 valence electrons. The molecule has 0 spiro atoms. The number of nitrogens with zero attached hydrogens (tertiary/aromatic N) is 3. The fraction of sp³-hybridized carbons (Fsp3) is 0.684. The van der Waals surface area contributed by atoms with E-state index in [9.17, 15) is 4.79 Å². The standard InChI is InChI=1S/C19H30N4O3/c1-19(2)15-21-17(13-26-19)12-25-14-18(24)23-8-6-22(7-9-23)11-16-4-3-5-20-10-16/h3-5,10,17,21H,6-9,11-15H2,1-2H3/t17-/m1/s1. The van der Waals surface area contributed by atoms with Crippen molar-refractivity contribution >= 4 is 5.91 Å². The fourth-order valence-electron chi connectivity index (χ4n) is 3.22. The highest BCUT2D eigenvalue weighted by Gasteiger charge is 2.27. The van der Waals surface area contributed by atoms with Gasteiger partial charge in [0.1, 0.15) is 6.61 Å². The predicted molar refractivity (Wildman–Crippen MR) is 98.7 cm³/mol. The maximum absolute atomic E-state index is 12.3. The van der Waals surface area contributed by atoms with Crippen molar-refractivity contribution in [2.75, 3.05) is 52.5 Å². The Hall–Kier alpha value is -1.54. The average Bonchev–Trinajstić information content (AvgIpc) is 2.64. The Morgan fingerprint density at radius 1 is 1.38 bits per heavy atom. The number of ether oxygens (including phenoxy) is 2. The molecule has 26 heavy (non-hydrogen) atoms. The van der Waals surface area contributed by atoms with Crippen LogP contribution in [-0.2, 0) is 20.8 Å². The number of morpholine rings is 1. The molecule has 7 heteroatoms. The van der Waals surface area contributed by atoms with Gasteiger partial charge in [-0.2, -0.15) is 0 Å². The summed E-state index contributed by atoms with van der Waals surface area (Å²) in [4.78, 5) is 20.7. The van der Waals surface area contributed by atoms with Gasteiger partial charge in [0.2, 0.25) is 5.91 Å². The second kappa shape index (κ2) is 8.90. The SMILES string of the molecule is CC1(C)CN[C@H](COCC(=O)N2CCN(Cc3cccnc3)CC2)CO1. The zero-order chi connectivity index (χ0) is 18.4. The summed E-state index contributed by atoms with van der Waals surface area (Å²) < 4.78 is 11.4. The van der Waals surface area contributed by atoms with Gasteiger partial charge in [-0.3, -0.25) is 14.7 Å². The Morgan fingerprint density at radius 3 is 2.85 bits per heavy atom. The molecule has 2 aliphatic rings. The third-order valence-electron chi connectivity index (χ3n) is 4.89. The van der Waals surface area contributed by atoms with Crippen molar-refractivity contribution in [1.82, 2.24) is 20.1 Å². The van der Waals surface area contributed by atoms with E-state index in [0.717, 1.165) is 39.3 Å². The molecule has 2 aliphatic heterocycles. The molecule has 0 saturated carbocycles. The van der Waals surface area contributed by atoms with Gasteiger partial charge >= 0.3 is 0 Å². The summed E-state index contributed by atoms with van der Waals surface area (Å²) in [5.41, 5.74) is 1.09. The van der Waals surface area contributed by atoms with Crippen molar-refractivity contribution in [3.63, 3.8) is 0 Å². The van der Waals surface area contributed by atoms with Crippen LogP contribution < -0.4 is 5.32 Å². The highest BCUT2D eigenvalue weighted by molar-refractivity contribution is 5.77. The fourth-order valence-corrected chi connectivity index (χ4v) is 3.22. The molecular formula is C19H30N4O3. The van der Waals surface area contributed by atoms with Crippen LogP contribution >= 0.6 is 0 Å². The number of hydrogen-bond donors (Lipinski definition) is 1. The van der Waals surface area contributed by atoms with Crippen LogP contribution in [0, 0.1) is 0 Å². The zero-order valence-electron chi connectivity index (χ0n) is 15.8. The molecule has 2 saturated heterocycles. The van der Waals surface area contributed by atoms with Gasteiger partial charge in [-0.15, -0.1) is 0 Å². The minimum absolute atomic E-state index is 0.0723. The first-order valence-corrected chi connectivity index (χ1v) is 9.36. The van der Waals surface area contributed by atoms with E-state index in [1.165, 1.54) is 5.56 Å². The number of carbonyl (C=O) groups is 1. The van der Waals surface area contributed by atoms with E-state index in [1.807, 2.05) is 17.2 Å². The highest BCUT2D eigenvalue weighted by Crippen LogP contribution is 2.13. The monoisotopic (exact) mass is 362 g/mol. The van der Waals surface area contributed by atoms with Crippen molar-refractivity contribution in [3.05, 3.63) is 30.1 Å². The molecule has 1 atom stereocenters. The van der Waals surface area contributed by atoms with Crippen molar-refractivity contribution in [3.8, 4) is 0 Å². The smallest absolute Gasteiger partial charge is 0.248 e. The van der Waals surface area contributed by atoms with Gasteiger partial charge in [0.25, 0.3) is 0 Å². The second-order valence-electron chi connectivity index (χ2n) is 7.68. The lowest BCUT2D eigenvalue weighted by Gasteiger charge is -2.36. The Kier molecular flexibility index (Phi) is 6.58. The number of amides is 1. The molecule has 1 N–H and O–H groups in total. The first kappa shape index (κ1) is 19.2. The number of piperazine rings is 1. The molecule has 0 radical (unpaired) electrons. The van der Waals surface area contributed by atoms with Gasteiger partial charge in [-0.25, -0.2) is 0 Å². The summed E-state index contributed by atoms with van der Waals surface area (Å²) in [6.45, 7) is 10.3. The zero-order valence-corrected chi connectivity index (χ0v) is 15.8. The number of pyridine rings is 1. The van der Waals surface area contributed by atoms with Crippen molar-refractivity contribution in [1.29, 1.82) is 0 Å². The number of carbonyl (C=O) groups excluding carboxylic acids is 1. The summed E-state index contributed by atoms with van der Waals surface area (Å²) in [5.74, 6) is 0.0723. The van der Waals surface area contributed by atoms with Crippen molar-refractivity contribution in [2.45, 2.75) is 32.0 Å². The lowest BCUT2D eigenvalue weighted by molar-refractivity contribution is -0.139. The molecule has 3 heterocycles. The van der Waals surface area contributed by atoms with Gasteiger partial charge in [0, 0.05) is 51.7 Å². The molecule has 0 aliphatic carbocycles. The number of rotatable bonds is 6. The summed E-state index contributed by atoms with van der Waals surface area (Å²) in [6.07, 6.45) is 3.69. The van der Waals surface area contributed by atoms with Crippen LogP contribution in [0.1, 0.15) is 19.4 Å². The Balaban J connectivity index is 1.31. The number of hydrogen-bond acceptors (Lipinski definition) is 6. The van der Waals surface area contributed by atoms with E-state index in [0.29, 0.717) is 13.2 Å². The second-order valence-corrected chi connectivity index (χ2v) is 7.68. The minimum Gasteiger partial charge on any atom is -0.373 e. The van der Waals surface area contributed by atoms with Crippen LogP contribution in [-0.4, -0.2) is 84.9 Å². The molecule has 2 fully saturated rings. The van der Waals surface area contributed by atoms with Crippen LogP contribution in [0.15, 0.2) is 24.5 Å². The van der Waals surface area contributed by atoms with E-state index >= 15 is 0 Å². The molecule has 7 nitrogen and oxygen atoms in total.